The maximum atomic E-state index is 11.8. The van der Waals surface area contributed by atoms with Crippen molar-refractivity contribution < 1.29 is 14.4 Å². The van der Waals surface area contributed by atoms with Crippen molar-refractivity contribution in [2.75, 3.05) is 0 Å². The Hall–Kier alpha value is -2.90. The molecular formula is C15H17N5O3. The number of fused-ring (bicyclic) bond motifs is 1. The number of nitrogens with zero attached hydrogens (tertiary/aromatic N) is 1. The molecule has 120 valence electrons. The molecule has 3 rings (SSSR count). The largest absolute Gasteiger partial charge is 0.349 e. The molecule has 1 aromatic carbocycles. The number of imidazole rings is 1. The first-order valence-corrected chi connectivity index (χ1v) is 7.34. The van der Waals surface area contributed by atoms with E-state index in [1.165, 1.54) is 0 Å². The van der Waals surface area contributed by atoms with E-state index in [1.54, 1.807) is 0 Å². The number of aryl methyl sites for hydroxylation is 1. The molecule has 1 unspecified atom stereocenters. The molecule has 8 heteroatoms. The van der Waals surface area contributed by atoms with E-state index in [-0.39, 0.29) is 25.3 Å². The third-order valence-corrected chi connectivity index (χ3v) is 3.66. The van der Waals surface area contributed by atoms with Crippen LogP contribution in [0.1, 0.15) is 24.2 Å². The lowest BCUT2D eigenvalue weighted by Gasteiger charge is -2.07. The molecule has 0 aliphatic carbocycles. The van der Waals surface area contributed by atoms with Crippen molar-refractivity contribution in [3.63, 3.8) is 0 Å². The summed E-state index contributed by atoms with van der Waals surface area (Å²) >= 11 is 0. The summed E-state index contributed by atoms with van der Waals surface area (Å²) < 4.78 is 0. The maximum absolute atomic E-state index is 11.8. The molecular weight excluding hydrogens is 298 g/mol. The van der Waals surface area contributed by atoms with Crippen LogP contribution in [0, 0.1) is 6.92 Å². The van der Waals surface area contributed by atoms with Crippen molar-refractivity contribution in [2.24, 2.45) is 0 Å². The molecule has 4 N–H and O–H groups in total. The van der Waals surface area contributed by atoms with E-state index < -0.39 is 18.0 Å². The lowest BCUT2D eigenvalue weighted by molar-refractivity contribution is -0.122. The highest BCUT2D eigenvalue weighted by Crippen LogP contribution is 2.13. The van der Waals surface area contributed by atoms with Gasteiger partial charge >= 0.3 is 6.03 Å². The highest BCUT2D eigenvalue weighted by molar-refractivity contribution is 6.04. The average molecular weight is 315 g/mol. The number of carbonyl (C=O) groups excluding carboxylic acids is 3. The number of urea groups is 1. The van der Waals surface area contributed by atoms with Crippen molar-refractivity contribution in [1.29, 1.82) is 0 Å². The zero-order valence-electron chi connectivity index (χ0n) is 12.6. The summed E-state index contributed by atoms with van der Waals surface area (Å²) in [5.41, 5.74) is 2.92. The van der Waals surface area contributed by atoms with Gasteiger partial charge in [-0.05, 0) is 31.0 Å². The van der Waals surface area contributed by atoms with Crippen LogP contribution in [0.3, 0.4) is 0 Å². The second kappa shape index (κ2) is 6.07. The van der Waals surface area contributed by atoms with Crippen LogP contribution in [-0.4, -0.2) is 33.9 Å². The van der Waals surface area contributed by atoms with Gasteiger partial charge in [0, 0.05) is 6.42 Å². The van der Waals surface area contributed by atoms with Gasteiger partial charge in [-0.15, -0.1) is 0 Å². The summed E-state index contributed by atoms with van der Waals surface area (Å²) in [5.74, 6) is 0.0805. The Bertz CT molecular complexity index is 783. The minimum atomic E-state index is -0.637. The third kappa shape index (κ3) is 3.47. The number of amides is 4. The summed E-state index contributed by atoms with van der Waals surface area (Å²) in [6.07, 6.45) is 0.417. The van der Waals surface area contributed by atoms with Crippen LogP contribution in [0.4, 0.5) is 4.79 Å². The Morgan fingerprint density at radius 1 is 1.35 bits per heavy atom. The normalized spacial score (nSPS) is 17.2. The molecule has 0 saturated carbocycles. The number of aromatic amines is 1. The molecule has 1 aromatic heterocycles. The van der Waals surface area contributed by atoms with E-state index in [9.17, 15) is 14.4 Å². The maximum Gasteiger partial charge on any atom is 0.322 e. The van der Waals surface area contributed by atoms with Gasteiger partial charge in [-0.25, -0.2) is 9.78 Å². The van der Waals surface area contributed by atoms with Crippen molar-refractivity contribution >= 4 is 28.9 Å². The van der Waals surface area contributed by atoms with Gasteiger partial charge in [0.05, 0.1) is 17.6 Å². The van der Waals surface area contributed by atoms with E-state index in [0.29, 0.717) is 5.82 Å². The number of benzene rings is 1. The first-order valence-electron chi connectivity index (χ1n) is 7.34. The Balaban J connectivity index is 1.50. The number of rotatable bonds is 5. The van der Waals surface area contributed by atoms with Crippen molar-refractivity contribution in [3.05, 3.63) is 29.6 Å². The van der Waals surface area contributed by atoms with Crippen molar-refractivity contribution in [2.45, 2.75) is 32.4 Å². The van der Waals surface area contributed by atoms with Gasteiger partial charge in [-0.3, -0.25) is 14.9 Å². The Morgan fingerprint density at radius 3 is 2.91 bits per heavy atom. The molecule has 1 saturated heterocycles. The number of aromatic nitrogens is 2. The van der Waals surface area contributed by atoms with Crippen LogP contribution in [-0.2, 0) is 16.1 Å². The molecule has 2 heterocycles. The van der Waals surface area contributed by atoms with Crippen LogP contribution in [0.15, 0.2) is 18.2 Å². The summed E-state index contributed by atoms with van der Waals surface area (Å²) in [5, 5.41) is 7.34. The number of hydrogen-bond donors (Lipinski definition) is 4. The van der Waals surface area contributed by atoms with Crippen LogP contribution >= 0.6 is 0 Å². The Labute approximate surface area is 132 Å². The number of carbonyl (C=O) groups is 3. The summed E-state index contributed by atoms with van der Waals surface area (Å²) in [6, 6.07) is 4.75. The number of nitrogens with one attached hydrogen (secondary N) is 4. The summed E-state index contributed by atoms with van der Waals surface area (Å²) in [6.45, 7) is 2.29. The molecule has 4 amide bonds. The van der Waals surface area contributed by atoms with E-state index in [1.807, 2.05) is 25.1 Å². The molecule has 1 fully saturated rings. The minimum absolute atomic E-state index is 0.150. The molecule has 1 atom stereocenters. The van der Waals surface area contributed by atoms with Crippen LogP contribution in [0.2, 0.25) is 0 Å². The zero-order valence-corrected chi connectivity index (χ0v) is 12.6. The summed E-state index contributed by atoms with van der Waals surface area (Å²) in [7, 11) is 0. The fourth-order valence-corrected chi connectivity index (χ4v) is 2.47. The lowest BCUT2D eigenvalue weighted by Crippen LogP contribution is -2.31. The molecule has 0 bridgehead atoms. The van der Waals surface area contributed by atoms with Crippen molar-refractivity contribution in [3.8, 4) is 0 Å². The molecule has 23 heavy (non-hydrogen) atoms. The minimum Gasteiger partial charge on any atom is -0.349 e. The molecule has 0 spiro atoms. The second-order valence-electron chi connectivity index (χ2n) is 5.53. The number of H-pyrrole nitrogens is 1. The fourth-order valence-electron chi connectivity index (χ4n) is 2.47. The highest BCUT2D eigenvalue weighted by atomic mass is 16.2. The van der Waals surface area contributed by atoms with Crippen LogP contribution in [0.5, 0.6) is 0 Å². The number of imide groups is 1. The lowest BCUT2D eigenvalue weighted by atomic mass is 10.1. The smallest absolute Gasteiger partial charge is 0.322 e. The molecule has 1 aliphatic rings. The molecule has 0 radical (unpaired) electrons. The predicted octanol–water partition coefficient (Wildman–Crippen LogP) is 0.476. The first kappa shape index (κ1) is 15.0. The Kier molecular flexibility index (Phi) is 3.96. The van der Waals surface area contributed by atoms with Gasteiger partial charge in [0.25, 0.3) is 5.91 Å². The number of hydrogen-bond acceptors (Lipinski definition) is 4. The van der Waals surface area contributed by atoms with Gasteiger partial charge in [0.15, 0.2) is 0 Å². The predicted molar refractivity (Wildman–Crippen MR) is 82.4 cm³/mol. The topological polar surface area (TPSA) is 116 Å². The molecule has 1 aliphatic heterocycles. The molecule has 2 aromatic rings. The quantitative estimate of drug-likeness (QED) is 0.600. The van der Waals surface area contributed by atoms with Gasteiger partial charge in [-0.1, -0.05) is 6.07 Å². The monoisotopic (exact) mass is 315 g/mol. The average Bonchev–Trinajstić information content (AvgIpc) is 3.04. The molecule has 8 nitrogen and oxygen atoms in total. The van der Waals surface area contributed by atoms with Gasteiger partial charge in [0.2, 0.25) is 5.91 Å². The van der Waals surface area contributed by atoms with Crippen LogP contribution in [0.25, 0.3) is 11.0 Å². The standard InChI is InChI=1S/C15H17N5O3/c1-8-2-3-9-11(6-8)18-12(17-9)7-16-13(21)5-4-10-14(22)20-15(23)19-10/h2-3,6,10H,4-5,7H2,1H3,(H,16,21)(H,17,18)(H2,19,20,22,23). The third-order valence-electron chi connectivity index (χ3n) is 3.66. The van der Waals surface area contributed by atoms with E-state index in [2.05, 4.69) is 25.9 Å². The first-order chi connectivity index (χ1) is 11.0. The van der Waals surface area contributed by atoms with Crippen LogP contribution < -0.4 is 16.0 Å². The summed E-state index contributed by atoms with van der Waals surface area (Å²) in [4.78, 5) is 41.7. The second-order valence-corrected chi connectivity index (χ2v) is 5.53. The Morgan fingerprint density at radius 2 is 2.17 bits per heavy atom. The van der Waals surface area contributed by atoms with Gasteiger partial charge in [0.1, 0.15) is 11.9 Å². The van der Waals surface area contributed by atoms with Gasteiger partial charge in [-0.2, -0.15) is 0 Å². The van der Waals surface area contributed by atoms with Gasteiger partial charge < -0.3 is 15.6 Å². The SMILES string of the molecule is Cc1ccc2nc(CNC(=O)CCC3NC(=O)NC3=O)[nH]c2c1. The van der Waals surface area contributed by atoms with Crippen molar-refractivity contribution in [1.82, 2.24) is 25.9 Å². The van der Waals surface area contributed by atoms with E-state index in [0.717, 1.165) is 16.6 Å². The van der Waals surface area contributed by atoms with E-state index >= 15 is 0 Å². The fraction of sp³-hybridized carbons (Fsp3) is 0.333. The van der Waals surface area contributed by atoms with E-state index in [4.69, 9.17) is 0 Å². The highest BCUT2D eigenvalue weighted by Gasteiger charge is 2.29. The zero-order chi connectivity index (χ0) is 16.4.